The lowest BCUT2D eigenvalue weighted by Gasteiger charge is -2.31. The maximum atomic E-state index is 10.6. The Morgan fingerprint density at radius 1 is 1.25 bits per heavy atom. The molecule has 0 aromatic rings. The third kappa shape index (κ3) is 3.05. The van der Waals surface area contributed by atoms with Gasteiger partial charge in [-0.15, -0.1) is 0 Å². The average Bonchev–Trinajstić information content (AvgIpc) is 2.03. The van der Waals surface area contributed by atoms with Crippen molar-refractivity contribution in [2.75, 3.05) is 33.2 Å². The number of nitrogens with zero attached hydrogens (tertiary/aromatic N) is 2. The number of piperazine rings is 1. The fourth-order valence-corrected chi connectivity index (χ4v) is 1.18. The predicted octanol–water partition coefficient (Wildman–Crippen LogP) is 0.337. The minimum Gasteiger partial charge on any atom is -0.375 e. The fourth-order valence-electron chi connectivity index (χ4n) is 1.18. The van der Waals surface area contributed by atoms with E-state index in [-0.39, 0.29) is 5.78 Å². The molecule has 0 radical (unpaired) electrons. The summed E-state index contributed by atoms with van der Waals surface area (Å²) in [4.78, 5) is 15.1. The molecule has 1 fully saturated rings. The zero-order chi connectivity index (χ0) is 8.97. The highest BCUT2D eigenvalue weighted by Crippen LogP contribution is 1.99. The van der Waals surface area contributed by atoms with Gasteiger partial charge in [0.25, 0.3) is 0 Å². The molecule has 0 aromatic heterocycles. The molecule has 1 heterocycles. The van der Waals surface area contributed by atoms with Gasteiger partial charge in [-0.1, -0.05) is 0 Å². The van der Waals surface area contributed by atoms with Crippen LogP contribution in [-0.4, -0.2) is 48.8 Å². The maximum absolute atomic E-state index is 10.6. The minimum absolute atomic E-state index is 0.119. The van der Waals surface area contributed by atoms with Gasteiger partial charge in [0.2, 0.25) is 0 Å². The molecule has 1 rings (SSSR count). The first-order valence-electron chi connectivity index (χ1n) is 4.30. The molecule has 0 atom stereocenters. The van der Waals surface area contributed by atoms with Gasteiger partial charge in [0.1, 0.15) is 0 Å². The van der Waals surface area contributed by atoms with Crippen LogP contribution in [0.3, 0.4) is 0 Å². The molecule has 3 heteroatoms. The summed E-state index contributed by atoms with van der Waals surface area (Å²) in [6, 6.07) is 0. The standard InChI is InChI=1S/C9H16N2O/c1-9(12)3-4-11-7-5-10(2)6-8-11/h3-4H,5-8H2,1-2H3/b4-3+. The van der Waals surface area contributed by atoms with E-state index in [4.69, 9.17) is 0 Å². The first kappa shape index (κ1) is 9.26. The van der Waals surface area contributed by atoms with Crippen molar-refractivity contribution in [3.63, 3.8) is 0 Å². The second kappa shape index (κ2) is 4.26. The number of likely N-dealkylation sites (N-methyl/N-ethyl adjacent to an activating group) is 1. The van der Waals surface area contributed by atoms with Crippen LogP contribution in [-0.2, 0) is 4.79 Å². The van der Waals surface area contributed by atoms with Crippen LogP contribution in [0.25, 0.3) is 0 Å². The Morgan fingerprint density at radius 3 is 2.33 bits per heavy atom. The molecule has 0 N–H and O–H groups in total. The van der Waals surface area contributed by atoms with E-state index in [1.807, 2.05) is 6.20 Å². The van der Waals surface area contributed by atoms with E-state index in [0.29, 0.717) is 0 Å². The van der Waals surface area contributed by atoms with Crippen LogP contribution in [0.2, 0.25) is 0 Å². The quantitative estimate of drug-likeness (QED) is 0.555. The van der Waals surface area contributed by atoms with E-state index in [0.717, 1.165) is 26.2 Å². The van der Waals surface area contributed by atoms with Crippen LogP contribution in [0.4, 0.5) is 0 Å². The molecule has 0 spiro atoms. The van der Waals surface area contributed by atoms with Gasteiger partial charge in [0.15, 0.2) is 5.78 Å². The Hall–Kier alpha value is -0.830. The Balaban J connectivity index is 2.30. The number of carbonyl (C=O) groups excluding carboxylic acids is 1. The highest BCUT2D eigenvalue weighted by Gasteiger charge is 2.09. The van der Waals surface area contributed by atoms with Gasteiger partial charge >= 0.3 is 0 Å². The summed E-state index contributed by atoms with van der Waals surface area (Å²) in [6.07, 6.45) is 3.53. The van der Waals surface area contributed by atoms with Crippen molar-refractivity contribution in [2.24, 2.45) is 0 Å². The summed E-state index contributed by atoms with van der Waals surface area (Å²) in [6.45, 7) is 5.80. The lowest BCUT2D eigenvalue weighted by molar-refractivity contribution is -0.112. The molecule has 3 nitrogen and oxygen atoms in total. The van der Waals surface area contributed by atoms with Crippen molar-refractivity contribution in [3.8, 4) is 0 Å². The third-order valence-electron chi connectivity index (χ3n) is 2.06. The van der Waals surface area contributed by atoms with Crippen molar-refractivity contribution in [1.82, 2.24) is 9.80 Å². The van der Waals surface area contributed by atoms with Gasteiger partial charge in [-0.2, -0.15) is 0 Å². The van der Waals surface area contributed by atoms with Gasteiger partial charge in [-0.3, -0.25) is 4.79 Å². The Kier molecular flexibility index (Phi) is 3.29. The van der Waals surface area contributed by atoms with Crippen LogP contribution in [0.1, 0.15) is 6.92 Å². The van der Waals surface area contributed by atoms with E-state index >= 15 is 0 Å². The molecule has 1 aliphatic rings. The molecule has 0 aromatic carbocycles. The molecule has 0 amide bonds. The summed E-state index contributed by atoms with van der Waals surface area (Å²) >= 11 is 0. The van der Waals surface area contributed by atoms with Crippen molar-refractivity contribution in [3.05, 3.63) is 12.3 Å². The first-order valence-corrected chi connectivity index (χ1v) is 4.30. The van der Waals surface area contributed by atoms with Crippen LogP contribution < -0.4 is 0 Å². The van der Waals surface area contributed by atoms with Crippen LogP contribution in [0.5, 0.6) is 0 Å². The van der Waals surface area contributed by atoms with Crippen LogP contribution in [0, 0.1) is 0 Å². The van der Waals surface area contributed by atoms with Crippen molar-refractivity contribution in [2.45, 2.75) is 6.92 Å². The number of carbonyl (C=O) groups is 1. The molecule has 1 saturated heterocycles. The Morgan fingerprint density at radius 2 is 1.83 bits per heavy atom. The molecule has 12 heavy (non-hydrogen) atoms. The first-order chi connectivity index (χ1) is 5.68. The van der Waals surface area contributed by atoms with Crippen molar-refractivity contribution < 1.29 is 4.79 Å². The lowest BCUT2D eigenvalue weighted by atomic mass is 10.3. The number of allylic oxidation sites excluding steroid dienone is 1. The van der Waals surface area contributed by atoms with E-state index in [1.54, 1.807) is 13.0 Å². The zero-order valence-electron chi connectivity index (χ0n) is 7.79. The highest BCUT2D eigenvalue weighted by molar-refractivity contribution is 5.87. The van der Waals surface area contributed by atoms with Gasteiger partial charge in [0, 0.05) is 32.4 Å². The fraction of sp³-hybridized carbons (Fsp3) is 0.667. The minimum atomic E-state index is 0.119. The summed E-state index contributed by atoms with van der Waals surface area (Å²) < 4.78 is 0. The topological polar surface area (TPSA) is 23.6 Å². The van der Waals surface area contributed by atoms with Crippen molar-refractivity contribution in [1.29, 1.82) is 0 Å². The molecule has 0 bridgehead atoms. The van der Waals surface area contributed by atoms with Gasteiger partial charge < -0.3 is 9.80 Å². The van der Waals surface area contributed by atoms with Crippen molar-refractivity contribution >= 4 is 5.78 Å². The molecular weight excluding hydrogens is 152 g/mol. The normalized spacial score (nSPS) is 20.3. The summed E-state index contributed by atoms with van der Waals surface area (Å²) in [5.74, 6) is 0.119. The zero-order valence-corrected chi connectivity index (χ0v) is 7.79. The van der Waals surface area contributed by atoms with Gasteiger partial charge in [0.05, 0.1) is 0 Å². The van der Waals surface area contributed by atoms with E-state index in [9.17, 15) is 4.79 Å². The molecule has 0 aliphatic carbocycles. The SMILES string of the molecule is CC(=O)/C=C/N1CCN(C)CC1. The number of hydrogen-bond acceptors (Lipinski definition) is 3. The van der Waals surface area contributed by atoms with Crippen LogP contribution in [0.15, 0.2) is 12.3 Å². The maximum Gasteiger partial charge on any atom is 0.154 e. The number of rotatable bonds is 2. The predicted molar refractivity (Wildman–Crippen MR) is 48.9 cm³/mol. The smallest absolute Gasteiger partial charge is 0.154 e. The summed E-state index contributed by atoms with van der Waals surface area (Å²) in [5, 5.41) is 0. The van der Waals surface area contributed by atoms with Crippen LogP contribution >= 0.6 is 0 Å². The molecule has 68 valence electrons. The number of hydrogen-bond donors (Lipinski definition) is 0. The second-order valence-corrected chi connectivity index (χ2v) is 3.27. The lowest BCUT2D eigenvalue weighted by Crippen LogP contribution is -2.41. The van der Waals surface area contributed by atoms with Gasteiger partial charge in [-0.05, 0) is 20.0 Å². The largest absolute Gasteiger partial charge is 0.375 e. The Labute approximate surface area is 73.6 Å². The molecule has 1 aliphatic heterocycles. The molecule has 0 unspecified atom stereocenters. The third-order valence-corrected chi connectivity index (χ3v) is 2.06. The Bertz CT molecular complexity index is 181. The summed E-state index contributed by atoms with van der Waals surface area (Å²) in [7, 11) is 2.12. The average molecular weight is 168 g/mol. The number of ketones is 1. The molecular formula is C9H16N2O. The molecule has 0 saturated carbocycles. The second-order valence-electron chi connectivity index (χ2n) is 3.27. The van der Waals surface area contributed by atoms with E-state index in [1.165, 1.54) is 0 Å². The monoisotopic (exact) mass is 168 g/mol. The summed E-state index contributed by atoms with van der Waals surface area (Å²) in [5.41, 5.74) is 0. The van der Waals surface area contributed by atoms with Gasteiger partial charge in [-0.25, -0.2) is 0 Å². The van der Waals surface area contributed by atoms with E-state index in [2.05, 4.69) is 16.8 Å². The highest BCUT2D eigenvalue weighted by atomic mass is 16.1. The van der Waals surface area contributed by atoms with E-state index < -0.39 is 0 Å².